The summed E-state index contributed by atoms with van der Waals surface area (Å²) in [7, 11) is 0. The van der Waals surface area contributed by atoms with Gasteiger partial charge in [-0.3, -0.25) is 9.69 Å². The number of likely N-dealkylation sites (tertiary alicyclic amines) is 1. The van der Waals surface area contributed by atoms with Crippen molar-refractivity contribution in [1.82, 2.24) is 9.80 Å². The molecule has 1 amide bonds. The van der Waals surface area contributed by atoms with Crippen LogP contribution in [0.25, 0.3) is 0 Å². The van der Waals surface area contributed by atoms with E-state index in [1.54, 1.807) is 17.0 Å². The van der Waals surface area contributed by atoms with Gasteiger partial charge in [0.05, 0.1) is 23.4 Å². The van der Waals surface area contributed by atoms with Crippen LogP contribution in [-0.4, -0.2) is 67.1 Å². The normalized spacial score (nSPS) is 20.6. The lowest BCUT2D eigenvalue weighted by Gasteiger charge is -2.36. The van der Waals surface area contributed by atoms with Gasteiger partial charge in [-0.15, -0.1) is 0 Å². The van der Waals surface area contributed by atoms with Crippen LogP contribution in [0, 0.1) is 22.7 Å². The highest BCUT2D eigenvalue weighted by Gasteiger charge is 2.31. The van der Waals surface area contributed by atoms with Crippen molar-refractivity contribution in [3.8, 4) is 12.1 Å². The number of carbonyl (C=O) groups excluding carboxylic acids is 1. The van der Waals surface area contributed by atoms with E-state index >= 15 is 0 Å². The number of piperazine rings is 1. The fraction of sp³-hybridized carbons (Fsp3) is 0.591. The average Bonchev–Trinajstić information content (AvgIpc) is 3.25. The predicted molar refractivity (Wildman–Crippen MR) is 117 cm³/mol. The topological polar surface area (TPSA) is 100 Å². The van der Waals surface area contributed by atoms with Crippen LogP contribution in [-0.2, 0) is 4.79 Å². The lowest BCUT2D eigenvalue weighted by Crippen LogP contribution is -2.47. The van der Waals surface area contributed by atoms with Crippen LogP contribution in [0.5, 0.6) is 0 Å². The van der Waals surface area contributed by atoms with Gasteiger partial charge in [-0.1, -0.05) is 18.0 Å². The molecule has 30 heavy (non-hydrogen) atoms. The van der Waals surface area contributed by atoms with E-state index < -0.39 is 6.04 Å². The minimum absolute atomic E-state index is 0.0810. The van der Waals surface area contributed by atoms with Crippen LogP contribution in [0.4, 0.5) is 5.69 Å². The molecule has 7 nitrogen and oxygen atoms in total. The van der Waals surface area contributed by atoms with E-state index in [0.29, 0.717) is 23.6 Å². The molecule has 3 rings (SSSR count). The van der Waals surface area contributed by atoms with Gasteiger partial charge in [0, 0.05) is 37.7 Å². The number of rotatable bonds is 7. The zero-order valence-corrected chi connectivity index (χ0v) is 18.0. The quantitative estimate of drug-likeness (QED) is 0.669. The van der Waals surface area contributed by atoms with E-state index in [9.17, 15) is 10.1 Å². The minimum atomic E-state index is -0.511. The van der Waals surface area contributed by atoms with Crippen LogP contribution in [0.2, 0.25) is 5.02 Å². The molecular weight excluding hydrogens is 400 g/mol. The molecule has 2 aliphatic heterocycles. The Balaban J connectivity index is 1.37. The highest BCUT2D eigenvalue weighted by molar-refractivity contribution is 6.30. The Morgan fingerprint density at radius 1 is 1.20 bits per heavy atom. The van der Waals surface area contributed by atoms with E-state index in [2.05, 4.69) is 21.9 Å². The number of halogens is 1. The molecule has 0 unspecified atom stereocenters. The molecule has 2 N–H and O–H groups in total. The fourth-order valence-corrected chi connectivity index (χ4v) is 4.44. The Bertz CT molecular complexity index is 824. The van der Waals surface area contributed by atoms with E-state index in [1.165, 1.54) is 0 Å². The molecule has 2 fully saturated rings. The van der Waals surface area contributed by atoms with Crippen molar-refractivity contribution in [2.75, 3.05) is 44.2 Å². The lowest BCUT2D eigenvalue weighted by molar-refractivity contribution is -0.132. The summed E-state index contributed by atoms with van der Waals surface area (Å²) in [6.45, 7) is 5.20. The van der Waals surface area contributed by atoms with Crippen molar-refractivity contribution in [3.63, 3.8) is 0 Å². The zero-order chi connectivity index (χ0) is 21.5. The number of carbonyl (C=O) groups is 1. The fourth-order valence-electron chi connectivity index (χ4n) is 4.27. The summed E-state index contributed by atoms with van der Waals surface area (Å²) in [5.74, 6) is -0.0810. The van der Waals surface area contributed by atoms with E-state index in [0.717, 1.165) is 64.1 Å². The van der Waals surface area contributed by atoms with Crippen molar-refractivity contribution >= 4 is 23.2 Å². The summed E-state index contributed by atoms with van der Waals surface area (Å²) in [4.78, 5) is 18.7. The van der Waals surface area contributed by atoms with Gasteiger partial charge in [-0.25, -0.2) is 0 Å². The van der Waals surface area contributed by atoms with Crippen molar-refractivity contribution in [2.24, 2.45) is 5.73 Å². The number of nitrogens with two attached hydrogens (primary N) is 1. The molecule has 0 radical (unpaired) electrons. The second-order valence-corrected chi connectivity index (χ2v) is 8.46. The standard InChI is InChI=1S/C22H29ClN6O/c23-18-7-6-17(15-24)21(14-18)28-12-10-27(11-13-28)8-2-1-5-20(26)22(30)29-9-3-4-19(29)16-25/h6-7,14,19-20H,1-5,8-13,26H2/t19-,20-/m0/s1. The Morgan fingerprint density at radius 2 is 1.97 bits per heavy atom. The van der Waals surface area contributed by atoms with E-state index in [-0.39, 0.29) is 11.9 Å². The van der Waals surface area contributed by atoms with Gasteiger partial charge < -0.3 is 15.5 Å². The highest BCUT2D eigenvalue weighted by atomic mass is 35.5. The highest BCUT2D eigenvalue weighted by Crippen LogP contribution is 2.25. The van der Waals surface area contributed by atoms with Gasteiger partial charge in [-0.2, -0.15) is 10.5 Å². The molecule has 0 saturated carbocycles. The molecule has 2 heterocycles. The van der Waals surface area contributed by atoms with Gasteiger partial charge in [-0.05, 0) is 50.4 Å². The maximum atomic E-state index is 12.5. The molecular formula is C22H29ClN6O. The summed E-state index contributed by atoms with van der Waals surface area (Å²) in [6.07, 6.45) is 4.18. The Hall–Kier alpha value is -2.32. The largest absolute Gasteiger partial charge is 0.368 e. The Labute approximate surface area is 183 Å². The number of unbranched alkanes of at least 4 members (excludes halogenated alkanes) is 1. The number of benzene rings is 1. The van der Waals surface area contributed by atoms with Crippen molar-refractivity contribution in [3.05, 3.63) is 28.8 Å². The number of amides is 1. The van der Waals surface area contributed by atoms with E-state index in [1.807, 2.05) is 6.07 Å². The molecule has 0 aromatic heterocycles. The van der Waals surface area contributed by atoms with Crippen molar-refractivity contribution < 1.29 is 4.79 Å². The first kappa shape index (κ1) is 22.4. The molecule has 160 valence electrons. The van der Waals surface area contributed by atoms with Crippen LogP contribution < -0.4 is 10.6 Å². The van der Waals surface area contributed by atoms with Crippen LogP contribution in [0.1, 0.15) is 37.7 Å². The van der Waals surface area contributed by atoms with Crippen LogP contribution >= 0.6 is 11.6 Å². The monoisotopic (exact) mass is 428 g/mol. The van der Waals surface area contributed by atoms with Crippen molar-refractivity contribution in [1.29, 1.82) is 10.5 Å². The molecule has 0 aliphatic carbocycles. The molecule has 1 aromatic carbocycles. The number of hydrogen-bond donors (Lipinski definition) is 1. The number of anilines is 1. The molecule has 8 heteroatoms. The summed E-state index contributed by atoms with van der Waals surface area (Å²) < 4.78 is 0. The number of nitrogens with zero attached hydrogens (tertiary/aromatic N) is 5. The third-order valence-corrected chi connectivity index (χ3v) is 6.27. The maximum Gasteiger partial charge on any atom is 0.240 e. The zero-order valence-electron chi connectivity index (χ0n) is 17.3. The molecule has 1 aromatic rings. The first-order valence-electron chi connectivity index (χ1n) is 10.7. The number of nitriles is 2. The third-order valence-electron chi connectivity index (χ3n) is 6.03. The van der Waals surface area contributed by atoms with Crippen LogP contribution in [0.15, 0.2) is 18.2 Å². The molecule has 2 saturated heterocycles. The smallest absolute Gasteiger partial charge is 0.240 e. The summed E-state index contributed by atoms with van der Waals surface area (Å²) in [6, 6.07) is 9.02. The van der Waals surface area contributed by atoms with Gasteiger partial charge >= 0.3 is 0 Å². The lowest BCUT2D eigenvalue weighted by atomic mass is 10.1. The minimum Gasteiger partial charge on any atom is -0.368 e. The molecule has 2 aliphatic rings. The average molecular weight is 429 g/mol. The van der Waals surface area contributed by atoms with Gasteiger partial charge in [0.2, 0.25) is 5.91 Å². The van der Waals surface area contributed by atoms with Gasteiger partial charge in [0.15, 0.2) is 0 Å². The first-order valence-corrected chi connectivity index (χ1v) is 11.0. The second-order valence-electron chi connectivity index (χ2n) is 8.02. The Kier molecular flexibility index (Phi) is 7.93. The SMILES string of the molecule is N#Cc1ccc(Cl)cc1N1CCN(CCCC[C@H](N)C(=O)N2CCC[C@H]2C#N)CC1. The summed E-state index contributed by atoms with van der Waals surface area (Å²) >= 11 is 6.11. The van der Waals surface area contributed by atoms with Crippen molar-refractivity contribution in [2.45, 2.75) is 44.2 Å². The Morgan fingerprint density at radius 3 is 2.67 bits per heavy atom. The molecule has 0 spiro atoms. The number of hydrogen-bond acceptors (Lipinski definition) is 6. The summed E-state index contributed by atoms with van der Waals surface area (Å²) in [5, 5.41) is 19.1. The third kappa shape index (κ3) is 5.43. The molecule has 0 bridgehead atoms. The molecule has 2 atom stereocenters. The van der Waals surface area contributed by atoms with E-state index in [4.69, 9.17) is 22.6 Å². The maximum absolute atomic E-state index is 12.5. The predicted octanol–water partition coefficient (Wildman–Crippen LogP) is 2.35. The first-order chi connectivity index (χ1) is 14.5. The van der Waals surface area contributed by atoms with Gasteiger partial charge in [0.25, 0.3) is 0 Å². The van der Waals surface area contributed by atoms with Gasteiger partial charge in [0.1, 0.15) is 12.1 Å². The van der Waals surface area contributed by atoms with Crippen LogP contribution in [0.3, 0.4) is 0 Å². The summed E-state index contributed by atoms with van der Waals surface area (Å²) in [5.41, 5.74) is 7.66. The second kappa shape index (κ2) is 10.6.